The van der Waals surface area contributed by atoms with Crippen LogP contribution in [0.15, 0.2) is 18.3 Å². The van der Waals surface area contributed by atoms with Gasteiger partial charge in [0.25, 0.3) is 0 Å². The van der Waals surface area contributed by atoms with E-state index >= 15 is 0 Å². The fourth-order valence-electron chi connectivity index (χ4n) is 1.26. The Morgan fingerprint density at radius 2 is 2.17 bits per heavy atom. The van der Waals surface area contributed by atoms with Gasteiger partial charge in [-0.05, 0) is 17.9 Å². The minimum atomic E-state index is 0.645. The topological polar surface area (TPSA) is 26.9 Å². The van der Waals surface area contributed by atoms with Crippen LogP contribution in [0.25, 0.3) is 0 Å². The van der Waals surface area contributed by atoms with Gasteiger partial charge in [-0.2, -0.15) is 4.73 Å². The second kappa shape index (κ2) is 3.57. The molecular weight excluding hydrogens is 150 g/mol. The van der Waals surface area contributed by atoms with E-state index in [1.807, 2.05) is 19.1 Å². The van der Waals surface area contributed by atoms with Crippen molar-refractivity contribution in [3.05, 3.63) is 34.8 Å². The predicted molar refractivity (Wildman–Crippen MR) is 48.7 cm³/mol. The first-order valence-corrected chi connectivity index (χ1v) is 4.28. The van der Waals surface area contributed by atoms with Crippen LogP contribution in [0.2, 0.25) is 0 Å². The van der Waals surface area contributed by atoms with Crippen LogP contribution >= 0.6 is 0 Å². The molecule has 0 aliphatic heterocycles. The molecule has 0 saturated heterocycles. The molecule has 0 unspecified atom stereocenters. The second-order valence-electron chi connectivity index (χ2n) is 3.60. The fraction of sp³-hybridized carbons (Fsp3) is 0.500. The van der Waals surface area contributed by atoms with Crippen LogP contribution in [0.3, 0.4) is 0 Å². The first-order valence-electron chi connectivity index (χ1n) is 4.28. The van der Waals surface area contributed by atoms with E-state index in [4.69, 9.17) is 0 Å². The van der Waals surface area contributed by atoms with Gasteiger partial charge in [-0.25, -0.2) is 0 Å². The summed E-state index contributed by atoms with van der Waals surface area (Å²) in [4.78, 5) is 0. The number of aromatic nitrogens is 1. The molecule has 0 aliphatic rings. The molecule has 2 nitrogen and oxygen atoms in total. The second-order valence-corrected chi connectivity index (χ2v) is 3.60. The maximum absolute atomic E-state index is 11.0. The molecule has 12 heavy (non-hydrogen) atoms. The Hall–Kier alpha value is -1.05. The van der Waals surface area contributed by atoms with E-state index in [-0.39, 0.29) is 0 Å². The molecule has 1 heterocycles. The van der Waals surface area contributed by atoms with Crippen LogP contribution < -0.4 is 4.73 Å². The predicted octanol–water partition coefficient (Wildman–Crippen LogP) is 1.83. The molecule has 2 heteroatoms. The quantitative estimate of drug-likeness (QED) is 0.485. The third-order valence-corrected chi connectivity index (χ3v) is 1.81. The Balaban J connectivity index is 2.82. The lowest BCUT2D eigenvalue weighted by Gasteiger charge is -2.05. The van der Waals surface area contributed by atoms with Crippen LogP contribution in [0, 0.1) is 18.0 Å². The molecule has 0 amide bonds. The lowest BCUT2D eigenvalue weighted by atomic mass is 10.0. The molecule has 0 atom stereocenters. The highest BCUT2D eigenvalue weighted by Gasteiger charge is 2.02. The molecule has 0 bridgehead atoms. The largest absolute Gasteiger partial charge is 0.619 e. The van der Waals surface area contributed by atoms with Crippen LogP contribution in [0.1, 0.15) is 25.1 Å². The lowest BCUT2D eigenvalue weighted by molar-refractivity contribution is -0.612. The number of hydrogen-bond acceptors (Lipinski definition) is 1. The Labute approximate surface area is 73.4 Å². The average Bonchev–Trinajstić information content (AvgIpc) is 1.96. The Kier molecular flexibility index (Phi) is 2.69. The monoisotopic (exact) mass is 165 g/mol. The Bertz CT molecular complexity index is 269. The van der Waals surface area contributed by atoms with E-state index in [9.17, 15) is 5.21 Å². The van der Waals surface area contributed by atoms with Gasteiger partial charge in [-0.1, -0.05) is 13.8 Å². The van der Waals surface area contributed by atoms with E-state index in [2.05, 4.69) is 13.8 Å². The van der Waals surface area contributed by atoms with Crippen LogP contribution in [-0.2, 0) is 6.42 Å². The van der Waals surface area contributed by atoms with Crippen molar-refractivity contribution in [1.82, 2.24) is 0 Å². The minimum absolute atomic E-state index is 0.645. The summed E-state index contributed by atoms with van der Waals surface area (Å²) in [5, 5.41) is 11.0. The molecule has 0 fully saturated rings. The van der Waals surface area contributed by atoms with E-state index < -0.39 is 0 Å². The molecule has 0 radical (unpaired) electrons. The third kappa shape index (κ3) is 2.22. The summed E-state index contributed by atoms with van der Waals surface area (Å²) in [6.45, 7) is 6.18. The number of nitrogens with zero attached hydrogens (tertiary/aromatic N) is 1. The normalized spacial score (nSPS) is 10.7. The lowest BCUT2D eigenvalue weighted by Crippen LogP contribution is -2.29. The average molecular weight is 165 g/mol. The van der Waals surface area contributed by atoms with E-state index in [1.165, 1.54) is 5.56 Å². The van der Waals surface area contributed by atoms with Gasteiger partial charge in [0.05, 0.1) is 0 Å². The maximum Gasteiger partial charge on any atom is 0.189 e. The summed E-state index contributed by atoms with van der Waals surface area (Å²) in [6.07, 6.45) is 2.62. The van der Waals surface area contributed by atoms with E-state index in [0.717, 1.165) is 16.8 Å². The highest BCUT2D eigenvalue weighted by atomic mass is 16.5. The van der Waals surface area contributed by atoms with Gasteiger partial charge >= 0.3 is 0 Å². The zero-order valence-electron chi connectivity index (χ0n) is 7.87. The van der Waals surface area contributed by atoms with Crippen molar-refractivity contribution in [2.45, 2.75) is 27.2 Å². The number of rotatable bonds is 2. The van der Waals surface area contributed by atoms with Gasteiger partial charge in [0.2, 0.25) is 0 Å². The smallest absolute Gasteiger partial charge is 0.189 e. The van der Waals surface area contributed by atoms with E-state index in [0.29, 0.717) is 5.92 Å². The van der Waals surface area contributed by atoms with Crippen molar-refractivity contribution < 1.29 is 4.73 Å². The van der Waals surface area contributed by atoms with Crippen molar-refractivity contribution in [2.75, 3.05) is 0 Å². The van der Waals surface area contributed by atoms with Crippen molar-refractivity contribution >= 4 is 0 Å². The van der Waals surface area contributed by atoms with Crippen LogP contribution in [-0.4, -0.2) is 0 Å². The number of hydrogen-bond donors (Lipinski definition) is 0. The summed E-state index contributed by atoms with van der Waals surface area (Å²) in [7, 11) is 0. The van der Waals surface area contributed by atoms with Gasteiger partial charge in [-0.15, -0.1) is 0 Å². The molecule has 0 spiro atoms. The van der Waals surface area contributed by atoms with Crippen molar-refractivity contribution in [2.24, 2.45) is 5.92 Å². The summed E-state index contributed by atoms with van der Waals surface area (Å²) in [5.41, 5.74) is 2.02. The summed E-state index contributed by atoms with van der Waals surface area (Å²) in [6, 6.07) is 3.84. The highest BCUT2D eigenvalue weighted by Crippen LogP contribution is 2.06. The van der Waals surface area contributed by atoms with Crippen molar-refractivity contribution in [3.63, 3.8) is 0 Å². The van der Waals surface area contributed by atoms with Crippen molar-refractivity contribution in [3.8, 4) is 0 Å². The first-order chi connectivity index (χ1) is 5.59. The number of aryl methyl sites for hydroxylation is 1. The molecule has 0 N–H and O–H groups in total. The first kappa shape index (κ1) is 9.04. The summed E-state index contributed by atoms with van der Waals surface area (Å²) in [5.74, 6) is 0.645. The zero-order chi connectivity index (χ0) is 9.14. The molecule has 1 aromatic heterocycles. The minimum Gasteiger partial charge on any atom is -0.619 e. The van der Waals surface area contributed by atoms with Gasteiger partial charge in [0.15, 0.2) is 11.9 Å². The Morgan fingerprint density at radius 3 is 2.67 bits per heavy atom. The SMILES string of the molecule is Cc1cc(CC(C)C)cc[n+]1[O-]. The molecule has 0 saturated carbocycles. The highest BCUT2D eigenvalue weighted by molar-refractivity contribution is 5.12. The molecule has 1 rings (SSSR count). The summed E-state index contributed by atoms with van der Waals surface area (Å²) < 4.78 is 0.893. The third-order valence-electron chi connectivity index (χ3n) is 1.81. The Morgan fingerprint density at radius 1 is 1.50 bits per heavy atom. The molecule has 66 valence electrons. The van der Waals surface area contributed by atoms with Crippen LogP contribution in [0.4, 0.5) is 0 Å². The van der Waals surface area contributed by atoms with Gasteiger partial charge in [-0.3, -0.25) is 0 Å². The molecule has 0 aromatic carbocycles. The maximum atomic E-state index is 11.0. The van der Waals surface area contributed by atoms with Gasteiger partial charge < -0.3 is 5.21 Å². The van der Waals surface area contributed by atoms with Crippen molar-refractivity contribution in [1.29, 1.82) is 0 Å². The fourth-order valence-corrected chi connectivity index (χ4v) is 1.26. The molecular formula is C10H15NO. The number of pyridine rings is 1. The van der Waals surface area contributed by atoms with E-state index in [1.54, 1.807) is 6.20 Å². The van der Waals surface area contributed by atoms with Crippen LogP contribution in [0.5, 0.6) is 0 Å². The summed E-state index contributed by atoms with van der Waals surface area (Å²) >= 11 is 0. The van der Waals surface area contributed by atoms with Gasteiger partial charge in [0.1, 0.15) is 0 Å². The van der Waals surface area contributed by atoms with Gasteiger partial charge in [0, 0.05) is 19.1 Å². The zero-order valence-corrected chi connectivity index (χ0v) is 7.87. The molecule has 1 aromatic rings. The molecule has 0 aliphatic carbocycles. The standard InChI is InChI=1S/C10H15NO/c1-8(2)6-10-4-5-11(12)9(3)7-10/h4-5,7-8H,6H2,1-3H3.